The van der Waals surface area contributed by atoms with Crippen molar-refractivity contribution >= 4 is 11.9 Å². The third-order valence-electron chi connectivity index (χ3n) is 2.78. The Balaban J connectivity index is 2.27. The number of hydrogen-bond donors (Lipinski definition) is 2. The summed E-state index contributed by atoms with van der Waals surface area (Å²) in [7, 11) is 1.49. The lowest BCUT2D eigenvalue weighted by Crippen LogP contribution is -2.49. The van der Waals surface area contributed by atoms with Crippen LogP contribution in [-0.4, -0.2) is 36.2 Å². The van der Waals surface area contributed by atoms with Crippen molar-refractivity contribution in [3.05, 3.63) is 0 Å². The van der Waals surface area contributed by atoms with Crippen molar-refractivity contribution in [3.63, 3.8) is 0 Å². The Kier molecular flexibility index (Phi) is 4.08. The molecule has 0 radical (unpaired) electrons. The highest BCUT2D eigenvalue weighted by molar-refractivity contribution is 5.81. The van der Waals surface area contributed by atoms with E-state index in [1.165, 1.54) is 7.11 Å². The van der Waals surface area contributed by atoms with Crippen molar-refractivity contribution in [2.45, 2.75) is 38.3 Å². The fourth-order valence-electron chi connectivity index (χ4n) is 1.69. The van der Waals surface area contributed by atoms with Crippen molar-refractivity contribution in [2.75, 3.05) is 7.11 Å². The highest BCUT2D eigenvalue weighted by Gasteiger charge is 2.36. The van der Waals surface area contributed by atoms with Crippen LogP contribution < -0.4 is 5.32 Å². The van der Waals surface area contributed by atoms with Crippen molar-refractivity contribution in [1.82, 2.24) is 5.32 Å². The van der Waals surface area contributed by atoms with Crippen molar-refractivity contribution in [1.29, 1.82) is 0 Å². The smallest absolute Gasteiger partial charge is 0.306 e. The molecule has 1 fully saturated rings. The number of aliphatic carboxylic acids is 1. The molecule has 0 aromatic rings. The van der Waals surface area contributed by atoms with Gasteiger partial charge in [-0.25, -0.2) is 0 Å². The summed E-state index contributed by atoms with van der Waals surface area (Å²) < 4.78 is 4.98. The average molecular weight is 215 g/mol. The van der Waals surface area contributed by atoms with Crippen LogP contribution in [-0.2, 0) is 14.3 Å². The number of amides is 1. The van der Waals surface area contributed by atoms with E-state index in [0.29, 0.717) is 19.3 Å². The van der Waals surface area contributed by atoms with Crippen molar-refractivity contribution in [2.24, 2.45) is 5.92 Å². The molecule has 1 unspecified atom stereocenters. The Morgan fingerprint density at radius 1 is 1.53 bits per heavy atom. The molecule has 0 heterocycles. The molecule has 5 nitrogen and oxygen atoms in total. The van der Waals surface area contributed by atoms with E-state index < -0.39 is 12.1 Å². The summed E-state index contributed by atoms with van der Waals surface area (Å²) in [6.07, 6.45) is 1.26. The minimum absolute atomic E-state index is 0.00259. The van der Waals surface area contributed by atoms with Crippen LogP contribution >= 0.6 is 0 Å². The fraction of sp³-hybridized carbons (Fsp3) is 0.800. The molecule has 5 heteroatoms. The molecule has 15 heavy (non-hydrogen) atoms. The lowest BCUT2D eigenvalue weighted by atomic mass is 9.80. The van der Waals surface area contributed by atoms with Gasteiger partial charge in [0.25, 0.3) is 0 Å². The van der Waals surface area contributed by atoms with Crippen LogP contribution in [0, 0.1) is 5.92 Å². The van der Waals surface area contributed by atoms with E-state index in [2.05, 4.69) is 5.32 Å². The van der Waals surface area contributed by atoms with Gasteiger partial charge in [0.15, 0.2) is 0 Å². The molecule has 0 aromatic heterocycles. The molecule has 0 spiro atoms. The van der Waals surface area contributed by atoms with Crippen molar-refractivity contribution < 1.29 is 19.4 Å². The normalized spacial score (nSPS) is 26.5. The van der Waals surface area contributed by atoms with Gasteiger partial charge in [0, 0.05) is 13.2 Å². The molecule has 0 saturated heterocycles. The Labute approximate surface area is 88.8 Å². The van der Waals surface area contributed by atoms with Gasteiger partial charge >= 0.3 is 5.97 Å². The van der Waals surface area contributed by atoms with Gasteiger partial charge in [-0.05, 0) is 19.3 Å². The van der Waals surface area contributed by atoms with E-state index in [0.717, 1.165) is 0 Å². The van der Waals surface area contributed by atoms with Gasteiger partial charge < -0.3 is 15.2 Å². The number of nitrogens with one attached hydrogen (secondary N) is 1. The molecule has 1 atom stereocenters. The van der Waals surface area contributed by atoms with E-state index >= 15 is 0 Å². The second kappa shape index (κ2) is 5.11. The monoisotopic (exact) mass is 215 g/mol. The summed E-state index contributed by atoms with van der Waals surface area (Å²) >= 11 is 0. The zero-order valence-electron chi connectivity index (χ0n) is 9.03. The van der Waals surface area contributed by atoms with Crippen LogP contribution in [0.4, 0.5) is 0 Å². The van der Waals surface area contributed by atoms with E-state index in [-0.39, 0.29) is 17.9 Å². The molecular formula is C10H17NO4. The molecule has 1 saturated carbocycles. The van der Waals surface area contributed by atoms with Crippen LogP contribution in [0.2, 0.25) is 0 Å². The van der Waals surface area contributed by atoms with Crippen LogP contribution in [0.1, 0.15) is 26.2 Å². The van der Waals surface area contributed by atoms with Crippen LogP contribution in [0.15, 0.2) is 0 Å². The Morgan fingerprint density at radius 2 is 2.13 bits per heavy atom. The van der Waals surface area contributed by atoms with E-state index in [1.54, 1.807) is 0 Å². The second-order valence-electron chi connectivity index (χ2n) is 3.84. The number of hydrogen-bond acceptors (Lipinski definition) is 3. The molecule has 1 aliphatic carbocycles. The molecule has 1 amide bonds. The van der Waals surface area contributed by atoms with Gasteiger partial charge in [-0.3, -0.25) is 9.59 Å². The summed E-state index contributed by atoms with van der Waals surface area (Å²) in [6.45, 7) is 1.87. The molecule has 0 aliphatic heterocycles. The zero-order valence-corrected chi connectivity index (χ0v) is 9.03. The molecule has 86 valence electrons. The molecule has 1 rings (SSSR count). The average Bonchev–Trinajstić information content (AvgIpc) is 2.12. The minimum atomic E-state index is -0.778. The van der Waals surface area contributed by atoms with E-state index in [4.69, 9.17) is 9.84 Å². The maximum Gasteiger partial charge on any atom is 0.306 e. The topological polar surface area (TPSA) is 75.6 Å². The van der Waals surface area contributed by atoms with Crippen molar-refractivity contribution in [3.8, 4) is 0 Å². The van der Waals surface area contributed by atoms with Crippen LogP contribution in [0.5, 0.6) is 0 Å². The Bertz CT molecular complexity index is 244. The third kappa shape index (κ3) is 2.92. The van der Waals surface area contributed by atoms with Gasteiger partial charge in [0.2, 0.25) is 5.91 Å². The van der Waals surface area contributed by atoms with E-state index in [1.807, 2.05) is 6.92 Å². The number of carboxylic acid groups (broad SMARTS) is 1. The number of carbonyl (C=O) groups is 2. The molecule has 0 bridgehead atoms. The first-order valence-corrected chi connectivity index (χ1v) is 5.14. The Hall–Kier alpha value is -1.10. The Morgan fingerprint density at radius 3 is 2.53 bits per heavy atom. The molecule has 2 N–H and O–H groups in total. The lowest BCUT2D eigenvalue weighted by Gasteiger charge is -2.33. The molecule has 1 aliphatic rings. The standard InChI is InChI=1S/C10H17NO4/c1-3-8(15-2)9(12)11-7-4-6(5-7)10(13)14/h6-8H,3-5H2,1-2H3,(H,11,12)(H,13,14). The first-order valence-electron chi connectivity index (χ1n) is 5.14. The highest BCUT2D eigenvalue weighted by atomic mass is 16.5. The number of rotatable bonds is 5. The fourth-order valence-corrected chi connectivity index (χ4v) is 1.69. The summed E-state index contributed by atoms with van der Waals surface area (Å²) in [6, 6.07) is 0.00259. The number of ether oxygens (including phenoxy) is 1. The maximum atomic E-state index is 11.5. The second-order valence-corrected chi connectivity index (χ2v) is 3.84. The first kappa shape index (κ1) is 12.0. The van der Waals surface area contributed by atoms with Crippen LogP contribution in [0.3, 0.4) is 0 Å². The summed E-state index contributed by atoms with van der Waals surface area (Å²) in [5.74, 6) is -1.22. The molecule has 0 aromatic carbocycles. The zero-order chi connectivity index (χ0) is 11.4. The maximum absolute atomic E-state index is 11.5. The summed E-state index contributed by atoms with van der Waals surface area (Å²) in [5, 5.41) is 11.4. The third-order valence-corrected chi connectivity index (χ3v) is 2.78. The lowest BCUT2D eigenvalue weighted by molar-refractivity contribution is -0.147. The first-order chi connectivity index (χ1) is 7.08. The van der Waals surface area contributed by atoms with Gasteiger partial charge in [-0.2, -0.15) is 0 Å². The summed E-state index contributed by atoms with van der Waals surface area (Å²) in [4.78, 5) is 22.0. The largest absolute Gasteiger partial charge is 0.481 e. The van der Waals surface area contributed by atoms with Gasteiger partial charge in [-0.1, -0.05) is 6.92 Å². The number of methoxy groups -OCH3 is 1. The highest BCUT2D eigenvalue weighted by Crippen LogP contribution is 2.27. The minimum Gasteiger partial charge on any atom is -0.481 e. The van der Waals surface area contributed by atoms with Gasteiger partial charge in [0.05, 0.1) is 5.92 Å². The quantitative estimate of drug-likeness (QED) is 0.695. The predicted octanol–water partition coefficient (Wildman–Crippen LogP) is 0.391. The van der Waals surface area contributed by atoms with Gasteiger partial charge in [0.1, 0.15) is 6.10 Å². The van der Waals surface area contributed by atoms with E-state index in [9.17, 15) is 9.59 Å². The molecular weight excluding hydrogens is 198 g/mol. The predicted molar refractivity (Wildman–Crippen MR) is 53.4 cm³/mol. The van der Waals surface area contributed by atoms with Crippen LogP contribution in [0.25, 0.3) is 0 Å². The SMILES string of the molecule is CCC(OC)C(=O)NC1CC(C(=O)O)C1. The van der Waals surface area contributed by atoms with Gasteiger partial charge in [-0.15, -0.1) is 0 Å². The number of carboxylic acids is 1. The summed E-state index contributed by atoms with van der Waals surface area (Å²) in [5.41, 5.74) is 0. The number of carbonyl (C=O) groups excluding carboxylic acids is 1.